The van der Waals surface area contributed by atoms with Crippen LogP contribution in [0.2, 0.25) is 5.02 Å². The van der Waals surface area contributed by atoms with Crippen LogP contribution in [0.25, 0.3) is 22.5 Å². The molecule has 2 aromatic carbocycles. The van der Waals surface area contributed by atoms with Crippen molar-refractivity contribution in [3.63, 3.8) is 0 Å². The predicted molar refractivity (Wildman–Crippen MR) is 81.0 cm³/mol. The van der Waals surface area contributed by atoms with Crippen LogP contribution in [0, 0.1) is 5.82 Å². The standard InChI is InChI=1S/C16H12ClFN2O/c1-21-15-8-3-2-5-10(15)13-9-14(20-19-13)16-11(17)6-4-7-12(16)18/h2-9H,1H3,(H,19,20). The predicted octanol–water partition coefficient (Wildman–Crippen LogP) is 4.54. The Hall–Kier alpha value is -2.33. The normalized spacial score (nSPS) is 10.6. The molecule has 5 heteroatoms. The summed E-state index contributed by atoms with van der Waals surface area (Å²) in [6.07, 6.45) is 0. The van der Waals surface area contributed by atoms with Crippen molar-refractivity contribution in [2.24, 2.45) is 0 Å². The topological polar surface area (TPSA) is 37.9 Å². The Morgan fingerprint density at radius 2 is 1.95 bits per heavy atom. The third kappa shape index (κ3) is 2.50. The van der Waals surface area contributed by atoms with Gasteiger partial charge in [0.25, 0.3) is 0 Å². The molecule has 0 aliphatic carbocycles. The minimum Gasteiger partial charge on any atom is -0.496 e. The summed E-state index contributed by atoms with van der Waals surface area (Å²) in [5.74, 6) is 0.313. The van der Waals surface area contributed by atoms with Gasteiger partial charge in [-0.15, -0.1) is 0 Å². The minimum atomic E-state index is -0.391. The molecule has 0 bridgehead atoms. The van der Waals surface area contributed by atoms with Gasteiger partial charge in [-0.25, -0.2) is 4.39 Å². The van der Waals surface area contributed by atoms with Gasteiger partial charge in [-0.3, -0.25) is 5.10 Å². The second-order valence-corrected chi connectivity index (χ2v) is 4.87. The van der Waals surface area contributed by atoms with Crippen molar-refractivity contribution in [3.05, 3.63) is 59.4 Å². The maximum absolute atomic E-state index is 13.9. The van der Waals surface area contributed by atoms with Crippen LogP contribution in [-0.2, 0) is 0 Å². The Labute approximate surface area is 126 Å². The van der Waals surface area contributed by atoms with Gasteiger partial charge in [-0.2, -0.15) is 5.10 Å². The molecule has 21 heavy (non-hydrogen) atoms. The zero-order chi connectivity index (χ0) is 14.8. The SMILES string of the molecule is COc1ccccc1-c1cc(-c2c(F)cccc2Cl)[nH]n1. The van der Waals surface area contributed by atoms with Crippen LogP contribution in [-0.4, -0.2) is 17.3 Å². The first-order valence-corrected chi connectivity index (χ1v) is 6.71. The van der Waals surface area contributed by atoms with Crippen molar-refractivity contribution in [1.82, 2.24) is 10.2 Å². The van der Waals surface area contributed by atoms with Gasteiger partial charge >= 0.3 is 0 Å². The van der Waals surface area contributed by atoms with Crippen LogP contribution < -0.4 is 4.74 Å². The molecule has 0 fully saturated rings. The number of nitrogens with one attached hydrogen (secondary N) is 1. The van der Waals surface area contributed by atoms with E-state index in [-0.39, 0.29) is 0 Å². The molecular formula is C16H12ClFN2O. The third-order valence-corrected chi connectivity index (χ3v) is 3.51. The number of hydrogen-bond donors (Lipinski definition) is 1. The molecule has 0 aliphatic heterocycles. The van der Waals surface area contributed by atoms with Gasteiger partial charge in [-0.1, -0.05) is 29.8 Å². The van der Waals surface area contributed by atoms with E-state index in [0.717, 1.165) is 5.56 Å². The Kier molecular flexibility index (Phi) is 3.62. The average Bonchev–Trinajstić information content (AvgIpc) is 2.96. The number of H-pyrrole nitrogens is 1. The first-order valence-electron chi connectivity index (χ1n) is 6.34. The zero-order valence-corrected chi connectivity index (χ0v) is 12.0. The molecule has 0 atom stereocenters. The second kappa shape index (κ2) is 5.58. The fourth-order valence-corrected chi connectivity index (χ4v) is 2.46. The van der Waals surface area contributed by atoms with Crippen LogP contribution in [0.4, 0.5) is 4.39 Å². The maximum atomic E-state index is 13.9. The number of halogens is 2. The number of methoxy groups -OCH3 is 1. The first kappa shape index (κ1) is 13.6. The molecule has 1 heterocycles. The van der Waals surface area contributed by atoms with Gasteiger partial charge in [0.2, 0.25) is 0 Å². The zero-order valence-electron chi connectivity index (χ0n) is 11.2. The molecule has 0 radical (unpaired) electrons. The van der Waals surface area contributed by atoms with Crippen LogP contribution in [0.5, 0.6) is 5.75 Å². The lowest BCUT2D eigenvalue weighted by atomic mass is 10.1. The molecule has 106 valence electrons. The number of rotatable bonds is 3. The number of benzene rings is 2. The molecule has 3 rings (SSSR count). The van der Waals surface area contributed by atoms with Crippen LogP contribution in [0.1, 0.15) is 0 Å². The Bertz CT molecular complexity index is 765. The third-order valence-electron chi connectivity index (χ3n) is 3.19. The van der Waals surface area contributed by atoms with Crippen molar-refractivity contribution < 1.29 is 9.13 Å². The fraction of sp³-hybridized carbons (Fsp3) is 0.0625. The smallest absolute Gasteiger partial charge is 0.134 e. The van der Waals surface area contributed by atoms with E-state index in [1.54, 1.807) is 25.3 Å². The first-order chi connectivity index (χ1) is 10.2. The monoisotopic (exact) mass is 302 g/mol. The molecule has 0 saturated carbocycles. The highest BCUT2D eigenvalue weighted by atomic mass is 35.5. The number of hydrogen-bond acceptors (Lipinski definition) is 2. The molecule has 3 nitrogen and oxygen atoms in total. The van der Waals surface area contributed by atoms with E-state index in [0.29, 0.717) is 27.7 Å². The Morgan fingerprint density at radius 1 is 1.14 bits per heavy atom. The summed E-state index contributed by atoms with van der Waals surface area (Å²) in [6.45, 7) is 0. The maximum Gasteiger partial charge on any atom is 0.134 e. The van der Waals surface area contributed by atoms with Crippen LogP contribution in [0.15, 0.2) is 48.5 Å². The van der Waals surface area contributed by atoms with Crippen molar-refractivity contribution >= 4 is 11.6 Å². The van der Waals surface area contributed by atoms with Gasteiger partial charge in [0.1, 0.15) is 11.6 Å². The lowest BCUT2D eigenvalue weighted by Crippen LogP contribution is -1.87. The van der Waals surface area contributed by atoms with E-state index in [1.807, 2.05) is 24.3 Å². The number of aromatic amines is 1. The molecule has 0 aliphatic rings. The van der Waals surface area contributed by atoms with Gasteiger partial charge in [0.05, 0.1) is 29.1 Å². The number of aromatic nitrogens is 2. The lowest BCUT2D eigenvalue weighted by molar-refractivity contribution is 0.416. The highest BCUT2D eigenvalue weighted by Crippen LogP contribution is 2.34. The summed E-state index contributed by atoms with van der Waals surface area (Å²) in [6, 6.07) is 13.8. The number of nitrogens with zero attached hydrogens (tertiary/aromatic N) is 1. The quantitative estimate of drug-likeness (QED) is 0.771. The Morgan fingerprint density at radius 3 is 2.71 bits per heavy atom. The molecule has 1 N–H and O–H groups in total. The lowest BCUT2D eigenvalue weighted by Gasteiger charge is -2.04. The molecule has 0 unspecified atom stereocenters. The molecule has 0 spiro atoms. The average molecular weight is 303 g/mol. The summed E-state index contributed by atoms with van der Waals surface area (Å²) >= 11 is 6.07. The summed E-state index contributed by atoms with van der Waals surface area (Å²) in [4.78, 5) is 0. The van der Waals surface area contributed by atoms with E-state index in [4.69, 9.17) is 16.3 Å². The largest absolute Gasteiger partial charge is 0.496 e. The second-order valence-electron chi connectivity index (χ2n) is 4.46. The van der Waals surface area contributed by atoms with E-state index < -0.39 is 5.82 Å². The van der Waals surface area contributed by atoms with Crippen LogP contribution >= 0.6 is 11.6 Å². The summed E-state index contributed by atoms with van der Waals surface area (Å²) in [5.41, 5.74) is 2.34. The van der Waals surface area contributed by atoms with Crippen molar-refractivity contribution in [1.29, 1.82) is 0 Å². The van der Waals surface area contributed by atoms with Gasteiger partial charge in [0, 0.05) is 5.56 Å². The van der Waals surface area contributed by atoms with E-state index in [2.05, 4.69) is 10.2 Å². The van der Waals surface area contributed by atoms with E-state index >= 15 is 0 Å². The molecular weight excluding hydrogens is 291 g/mol. The summed E-state index contributed by atoms with van der Waals surface area (Å²) in [7, 11) is 1.60. The number of ether oxygens (including phenoxy) is 1. The highest BCUT2D eigenvalue weighted by molar-refractivity contribution is 6.33. The summed E-state index contributed by atoms with van der Waals surface area (Å²) < 4.78 is 19.2. The highest BCUT2D eigenvalue weighted by Gasteiger charge is 2.14. The van der Waals surface area contributed by atoms with Crippen molar-refractivity contribution in [2.45, 2.75) is 0 Å². The minimum absolute atomic E-state index is 0.313. The van der Waals surface area contributed by atoms with Crippen molar-refractivity contribution in [3.8, 4) is 28.3 Å². The van der Waals surface area contributed by atoms with E-state index in [9.17, 15) is 4.39 Å². The summed E-state index contributed by atoms with van der Waals surface area (Å²) in [5, 5.41) is 7.39. The fourth-order valence-electron chi connectivity index (χ4n) is 2.20. The van der Waals surface area contributed by atoms with Gasteiger partial charge in [0.15, 0.2) is 0 Å². The van der Waals surface area contributed by atoms with E-state index in [1.165, 1.54) is 6.07 Å². The number of para-hydroxylation sites is 1. The molecule has 0 amide bonds. The van der Waals surface area contributed by atoms with Gasteiger partial charge < -0.3 is 4.74 Å². The Balaban J connectivity index is 2.09. The molecule has 0 saturated heterocycles. The van der Waals surface area contributed by atoms with Crippen molar-refractivity contribution in [2.75, 3.05) is 7.11 Å². The molecule has 3 aromatic rings. The van der Waals surface area contributed by atoms with Crippen LogP contribution in [0.3, 0.4) is 0 Å². The van der Waals surface area contributed by atoms with Gasteiger partial charge in [-0.05, 0) is 30.3 Å². The molecule has 1 aromatic heterocycles.